The summed E-state index contributed by atoms with van der Waals surface area (Å²) >= 11 is 3.45. The van der Waals surface area contributed by atoms with Crippen LogP contribution in [0.25, 0.3) is 0 Å². The molecule has 0 aromatic heterocycles. The topological polar surface area (TPSA) is 38.7 Å². The maximum Gasteiger partial charge on any atom is 0.130 e. The number of phenolic OH excluding ortho intramolecular Hbond substituents is 1. The van der Waals surface area contributed by atoms with E-state index in [0.717, 1.165) is 42.3 Å². The van der Waals surface area contributed by atoms with Crippen molar-refractivity contribution in [2.75, 3.05) is 33.7 Å². The van der Waals surface area contributed by atoms with E-state index in [4.69, 9.17) is 0 Å². The van der Waals surface area contributed by atoms with Gasteiger partial charge in [0.25, 0.3) is 0 Å². The number of piperidine rings is 1. The number of likely N-dealkylation sites (tertiary alicyclic amines) is 1. The number of benzene rings is 1. The van der Waals surface area contributed by atoms with Crippen LogP contribution in [0.1, 0.15) is 32.3 Å². The van der Waals surface area contributed by atoms with E-state index in [0.29, 0.717) is 5.75 Å². The highest BCUT2D eigenvalue weighted by Gasteiger charge is 2.30. The van der Waals surface area contributed by atoms with Crippen LogP contribution in [0.3, 0.4) is 0 Å². The number of hydrogen-bond acceptors (Lipinski definition) is 4. The van der Waals surface area contributed by atoms with Gasteiger partial charge >= 0.3 is 0 Å². The lowest BCUT2D eigenvalue weighted by molar-refractivity contribution is 0.0616. The Labute approximate surface area is 149 Å². The highest BCUT2D eigenvalue weighted by atomic mass is 79.9. The Morgan fingerprint density at radius 3 is 2.57 bits per heavy atom. The fourth-order valence-electron chi connectivity index (χ4n) is 3.31. The Bertz CT molecular complexity index is 511. The van der Waals surface area contributed by atoms with Crippen molar-refractivity contribution in [2.24, 2.45) is 0 Å². The first kappa shape index (κ1) is 18.7. The zero-order valence-electron chi connectivity index (χ0n) is 14.8. The highest BCUT2D eigenvalue weighted by Crippen LogP contribution is 2.27. The molecule has 0 atom stereocenters. The molecule has 2 N–H and O–H groups in total. The number of nitrogens with one attached hydrogen (secondary N) is 1. The SMILES string of the molecule is CN(C)C1CCN(C(C)(C)CNCc2cccc(O)c2Br)CC1. The molecule has 1 heterocycles. The fraction of sp³-hybridized carbons (Fsp3) is 0.667. The van der Waals surface area contributed by atoms with Crippen LogP contribution < -0.4 is 5.32 Å². The first-order valence-corrected chi connectivity index (χ1v) is 9.19. The summed E-state index contributed by atoms with van der Waals surface area (Å²) in [5.41, 5.74) is 1.23. The number of halogens is 1. The van der Waals surface area contributed by atoms with Gasteiger partial charge in [-0.3, -0.25) is 4.90 Å². The first-order valence-electron chi connectivity index (χ1n) is 8.40. The second-order valence-corrected chi connectivity index (χ2v) is 8.14. The second-order valence-electron chi connectivity index (χ2n) is 7.35. The van der Waals surface area contributed by atoms with Crippen molar-refractivity contribution in [3.63, 3.8) is 0 Å². The minimum atomic E-state index is 0.139. The summed E-state index contributed by atoms with van der Waals surface area (Å²) in [5.74, 6) is 0.300. The van der Waals surface area contributed by atoms with E-state index < -0.39 is 0 Å². The molecule has 2 rings (SSSR count). The average Bonchev–Trinajstić information content (AvgIpc) is 2.51. The monoisotopic (exact) mass is 383 g/mol. The third-order valence-electron chi connectivity index (χ3n) is 4.98. The van der Waals surface area contributed by atoms with Gasteiger partial charge in [0.1, 0.15) is 5.75 Å². The van der Waals surface area contributed by atoms with E-state index in [1.165, 1.54) is 12.8 Å². The van der Waals surface area contributed by atoms with E-state index in [-0.39, 0.29) is 5.54 Å². The predicted molar refractivity (Wildman–Crippen MR) is 99.9 cm³/mol. The number of nitrogens with zero attached hydrogens (tertiary/aromatic N) is 2. The van der Waals surface area contributed by atoms with Gasteiger partial charge in [-0.2, -0.15) is 0 Å². The van der Waals surface area contributed by atoms with Gasteiger partial charge in [-0.15, -0.1) is 0 Å². The van der Waals surface area contributed by atoms with E-state index in [2.05, 4.69) is 59.0 Å². The van der Waals surface area contributed by atoms with Gasteiger partial charge in [-0.1, -0.05) is 12.1 Å². The molecule has 130 valence electrons. The van der Waals surface area contributed by atoms with E-state index >= 15 is 0 Å². The van der Waals surface area contributed by atoms with Crippen molar-refractivity contribution in [1.82, 2.24) is 15.1 Å². The summed E-state index contributed by atoms with van der Waals surface area (Å²) in [6.07, 6.45) is 2.49. The molecule has 0 saturated carbocycles. The molecule has 0 radical (unpaired) electrons. The van der Waals surface area contributed by atoms with E-state index in [1.54, 1.807) is 6.07 Å². The third kappa shape index (κ3) is 4.92. The van der Waals surface area contributed by atoms with Gasteiger partial charge in [0.05, 0.1) is 4.47 Å². The minimum absolute atomic E-state index is 0.139. The number of phenols is 1. The summed E-state index contributed by atoms with van der Waals surface area (Å²) < 4.78 is 0.789. The lowest BCUT2D eigenvalue weighted by atomic mass is 9.95. The summed E-state index contributed by atoms with van der Waals surface area (Å²) in [6, 6.07) is 6.34. The lowest BCUT2D eigenvalue weighted by Crippen LogP contribution is -2.55. The first-order chi connectivity index (χ1) is 10.8. The van der Waals surface area contributed by atoms with Crippen molar-refractivity contribution in [3.8, 4) is 5.75 Å². The van der Waals surface area contributed by atoms with Gasteiger partial charge in [0, 0.05) is 37.8 Å². The quantitative estimate of drug-likeness (QED) is 0.791. The Hall–Kier alpha value is -0.620. The lowest BCUT2D eigenvalue weighted by Gasteiger charge is -2.44. The second kappa shape index (κ2) is 7.97. The summed E-state index contributed by atoms with van der Waals surface area (Å²) in [6.45, 7) is 8.63. The zero-order valence-corrected chi connectivity index (χ0v) is 16.4. The van der Waals surface area contributed by atoms with Crippen LogP contribution in [-0.4, -0.2) is 60.2 Å². The van der Waals surface area contributed by atoms with Crippen molar-refractivity contribution >= 4 is 15.9 Å². The molecule has 1 aliphatic rings. The maximum absolute atomic E-state index is 9.75. The predicted octanol–water partition coefficient (Wildman–Crippen LogP) is 3.05. The zero-order chi connectivity index (χ0) is 17.0. The fourth-order valence-corrected chi connectivity index (χ4v) is 3.71. The van der Waals surface area contributed by atoms with Crippen molar-refractivity contribution in [2.45, 2.75) is 44.8 Å². The Morgan fingerprint density at radius 1 is 1.30 bits per heavy atom. The van der Waals surface area contributed by atoms with Crippen LogP contribution in [0.5, 0.6) is 5.75 Å². The molecule has 5 heteroatoms. The van der Waals surface area contributed by atoms with Gasteiger partial charge in [-0.25, -0.2) is 0 Å². The standard InChI is InChI=1S/C18H30BrN3O/c1-18(2,22-10-8-15(9-11-22)21(3)4)13-20-12-14-6-5-7-16(23)17(14)19/h5-7,15,20,23H,8-13H2,1-4H3. The Morgan fingerprint density at radius 2 is 1.96 bits per heavy atom. The summed E-state index contributed by atoms with van der Waals surface area (Å²) in [7, 11) is 4.36. The molecule has 1 aromatic carbocycles. The molecule has 1 fully saturated rings. The molecule has 0 unspecified atom stereocenters. The van der Waals surface area contributed by atoms with Crippen molar-refractivity contribution in [3.05, 3.63) is 28.2 Å². The average molecular weight is 384 g/mol. The molecular formula is C18H30BrN3O. The molecule has 23 heavy (non-hydrogen) atoms. The largest absolute Gasteiger partial charge is 0.507 e. The Kier molecular flexibility index (Phi) is 6.48. The number of aromatic hydroxyl groups is 1. The smallest absolute Gasteiger partial charge is 0.130 e. The Balaban J connectivity index is 1.83. The van der Waals surface area contributed by atoms with Gasteiger partial charge < -0.3 is 15.3 Å². The van der Waals surface area contributed by atoms with Crippen LogP contribution in [0.15, 0.2) is 22.7 Å². The molecule has 1 saturated heterocycles. The molecular weight excluding hydrogens is 354 g/mol. The van der Waals surface area contributed by atoms with Crippen molar-refractivity contribution < 1.29 is 5.11 Å². The van der Waals surface area contributed by atoms with Crippen LogP contribution >= 0.6 is 15.9 Å². The molecule has 4 nitrogen and oxygen atoms in total. The molecule has 1 aromatic rings. The van der Waals surface area contributed by atoms with E-state index in [9.17, 15) is 5.11 Å². The molecule has 0 aliphatic carbocycles. The molecule has 1 aliphatic heterocycles. The van der Waals surface area contributed by atoms with Crippen molar-refractivity contribution in [1.29, 1.82) is 0 Å². The number of hydrogen-bond donors (Lipinski definition) is 2. The third-order valence-corrected chi connectivity index (χ3v) is 5.90. The van der Waals surface area contributed by atoms with Gasteiger partial charge in [0.2, 0.25) is 0 Å². The summed E-state index contributed by atoms with van der Waals surface area (Å²) in [5, 5.41) is 13.3. The normalized spacial score (nSPS) is 17.8. The van der Waals surface area contributed by atoms with Crippen LogP contribution in [-0.2, 0) is 6.54 Å². The number of rotatable bonds is 6. The van der Waals surface area contributed by atoms with Gasteiger partial charge in [0.15, 0.2) is 0 Å². The minimum Gasteiger partial charge on any atom is -0.507 e. The summed E-state index contributed by atoms with van der Waals surface area (Å²) in [4.78, 5) is 4.94. The van der Waals surface area contributed by atoms with Crippen LogP contribution in [0, 0.1) is 0 Å². The van der Waals surface area contributed by atoms with Crippen LogP contribution in [0.4, 0.5) is 0 Å². The van der Waals surface area contributed by atoms with Crippen LogP contribution in [0.2, 0.25) is 0 Å². The molecule has 0 spiro atoms. The molecule has 0 amide bonds. The van der Waals surface area contributed by atoms with Gasteiger partial charge in [-0.05, 0) is 68.3 Å². The maximum atomic E-state index is 9.75. The molecule has 0 bridgehead atoms. The van der Waals surface area contributed by atoms with E-state index in [1.807, 2.05) is 12.1 Å². The highest BCUT2D eigenvalue weighted by molar-refractivity contribution is 9.10.